The van der Waals surface area contributed by atoms with Crippen LogP contribution in [0.5, 0.6) is 0 Å². The molecule has 1 aromatic carbocycles. The zero-order valence-corrected chi connectivity index (χ0v) is 9.08. The number of halogens is 3. The monoisotopic (exact) mass is 204 g/mol. The summed E-state index contributed by atoms with van der Waals surface area (Å²) in [5.41, 5.74) is 0.963. The first-order valence-corrected chi connectivity index (χ1v) is 2.51. The molecule has 1 aromatic rings. The predicted octanol–water partition coefficient (Wildman–Crippen LogP) is -4.24. The van der Waals surface area contributed by atoms with Crippen LogP contribution in [0.2, 0.25) is 0 Å². The SMILES string of the molecule is Cc1cccc(F)c1.[Cl-].[Cl-].[Mg+2]. The van der Waals surface area contributed by atoms with Gasteiger partial charge in [0.2, 0.25) is 0 Å². The van der Waals surface area contributed by atoms with Crippen LogP contribution in [0.3, 0.4) is 0 Å². The number of rotatable bonds is 0. The van der Waals surface area contributed by atoms with Crippen LogP contribution in [-0.2, 0) is 0 Å². The van der Waals surface area contributed by atoms with E-state index in [0.29, 0.717) is 0 Å². The molecular weight excluding hydrogens is 198 g/mol. The topological polar surface area (TPSA) is 0 Å². The maximum absolute atomic E-state index is 12.2. The molecule has 0 heterocycles. The summed E-state index contributed by atoms with van der Waals surface area (Å²) in [5, 5.41) is 0. The summed E-state index contributed by atoms with van der Waals surface area (Å²) in [4.78, 5) is 0. The second-order valence-corrected chi connectivity index (χ2v) is 1.80. The van der Waals surface area contributed by atoms with E-state index in [9.17, 15) is 4.39 Å². The van der Waals surface area contributed by atoms with Gasteiger partial charge in [-0.15, -0.1) is 0 Å². The van der Waals surface area contributed by atoms with E-state index in [2.05, 4.69) is 0 Å². The van der Waals surface area contributed by atoms with Crippen LogP contribution in [-0.4, -0.2) is 23.1 Å². The molecule has 0 unspecified atom stereocenters. The standard InChI is InChI=1S/C7H7F.2ClH.Mg/c1-6-3-2-4-7(8)5-6;;;/h2-5H,1H3;2*1H;/q;;;+2/p-2. The van der Waals surface area contributed by atoms with Gasteiger partial charge in [-0.25, -0.2) is 4.39 Å². The molecule has 0 aliphatic heterocycles. The van der Waals surface area contributed by atoms with Gasteiger partial charge in [-0.1, -0.05) is 12.1 Å². The Morgan fingerprint density at radius 1 is 1.18 bits per heavy atom. The van der Waals surface area contributed by atoms with Crippen LogP contribution < -0.4 is 24.8 Å². The van der Waals surface area contributed by atoms with Gasteiger partial charge in [-0.2, -0.15) is 0 Å². The molecule has 0 bridgehead atoms. The van der Waals surface area contributed by atoms with Crippen LogP contribution in [0.1, 0.15) is 5.56 Å². The third kappa shape index (κ3) is 6.88. The number of benzene rings is 1. The first-order valence-electron chi connectivity index (χ1n) is 2.51. The van der Waals surface area contributed by atoms with Crippen molar-refractivity contribution in [1.82, 2.24) is 0 Å². The van der Waals surface area contributed by atoms with Gasteiger partial charge in [0.25, 0.3) is 0 Å². The summed E-state index contributed by atoms with van der Waals surface area (Å²) in [6, 6.07) is 6.50. The van der Waals surface area contributed by atoms with Crippen molar-refractivity contribution < 1.29 is 29.2 Å². The molecule has 0 fully saturated rings. The second-order valence-electron chi connectivity index (χ2n) is 1.80. The fourth-order valence-corrected chi connectivity index (χ4v) is 0.606. The van der Waals surface area contributed by atoms with Gasteiger partial charge in [0.15, 0.2) is 0 Å². The van der Waals surface area contributed by atoms with E-state index in [4.69, 9.17) is 0 Å². The van der Waals surface area contributed by atoms with Crippen LogP contribution >= 0.6 is 0 Å². The van der Waals surface area contributed by atoms with Crippen molar-refractivity contribution in [2.45, 2.75) is 6.92 Å². The van der Waals surface area contributed by atoms with Crippen LogP contribution in [0, 0.1) is 12.7 Å². The van der Waals surface area contributed by atoms with Crippen molar-refractivity contribution in [2.24, 2.45) is 0 Å². The van der Waals surface area contributed by atoms with Gasteiger partial charge in [0.1, 0.15) is 5.82 Å². The molecule has 0 spiro atoms. The molecule has 0 nitrogen and oxygen atoms in total. The van der Waals surface area contributed by atoms with Crippen molar-refractivity contribution >= 4 is 23.1 Å². The van der Waals surface area contributed by atoms with E-state index >= 15 is 0 Å². The van der Waals surface area contributed by atoms with Gasteiger partial charge in [-0.3, -0.25) is 0 Å². The van der Waals surface area contributed by atoms with E-state index < -0.39 is 0 Å². The zero-order valence-electron chi connectivity index (χ0n) is 6.15. The second kappa shape index (κ2) is 8.59. The predicted molar refractivity (Wildman–Crippen MR) is 36.9 cm³/mol. The van der Waals surface area contributed by atoms with Crippen LogP contribution in [0.25, 0.3) is 0 Å². The molecule has 0 radical (unpaired) electrons. The molecule has 58 valence electrons. The van der Waals surface area contributed by atoms with E-state index in [1.54, 1.807) is 6.07 Å². The molecule has 0 amide bonds. The van der Waals surface area contributed by atoms with Crippen molar-refractivity contribution in [3.05, 3.63) is 35.6 Å². The van der Waals surface area contributed by atoms with Crippen LogP contribution in [0.15, 0.2) is 24.3 Å². The Bertz CT molecular complexity index is 176. The summed E-state index contributed by atoms with van der Waals surface area (Å²) < 4.78 is 12.2. The minimum absolute atomic E-state index is 0. The first-order chi connectivity index (χ1) is 3.79. The van der Waals surface area contributed by atoms with Gasteiger partial charge in [0.05, 0.1) is 0 Å². The van der Waals surface area contributed by atoms with Crippen LogP contribution in [0.4, 0.5) is 4.39 Å². The van der Waals surface area contributed by atoms with Gasteiger partial charge < -0.3 is 24.8 Å². The Labute approximate surface area is 94.5 Å². The largest absolute Gasteiger partial charge is 2.00 e. The summed E-state index contributed by atoms with van der Waals surface area (Å²) in [6.07, 6.45) is 0. The molecule has 0 saturated heterocycles. The average Bonchev–Trinajstić information content (AvgIpc) is 1.64. The normalized spacial score (nSPS) is 6.73. The van der Waals surface area contributed by atoms with E-state index in [-0.39, 0.29) is 53.7 Å². The molecule has 11 heavy (non-hydrogen) atoms. The van der Waals surface area contributed by atoms with Gasteiger partial charge in [-0.05, 0) is 24.6 Å². The third-order valence-corrected chi connectivity index (χ3v) is 0.980. The number of hydrogen-bond donors (Lipinski definition) is 0. The Balaban J connectivity index is -0.000000213. The fourth-order valence-electron chi connectivity index (χ4n) is 0.606. The molecule has 0 aliphatic rings. The minimum Gasteiger partial charge on any atom is -1.00 e. The number of aryl methyl sites for hydroxylation is 1. The summed E-state index contributed by atoms with van der Waals surface area (Å²) in [7, 11) is 0. The average molecular weight is 205 g/mol. The van der Waals surface area contributed by atoms with Gasteiger partial charge in [0, 0.05) is 0 Å². The van der Waals surface area contributed by atoms with E-state index in [0.717, 1.165) is 5.56 Å². The van der Waals surface area contributed by atoms with Crippen molar-refractivity contribution in [2.75, 3.05) is 0 Å². The fraction of sp³-hybridized carbons (Fsp3) is 0.143. The molecule has 0 aliphatic carbocycles. The Kier molecular flexibility index (Phi) is 13.7. The van der Waals surface area contributed by atoms with E-state index in [1.165, 1.54) is 12.1 Å². The quantitative estimate of drug-likeness (QED) is 0.377. The molecule has 0 aromatic heterocycles. The number of hydrogen-bond acceptors (Lipinski definition) is 0. The molecule has 0 atom stereocenters. The first kappa shape index (κ1) is 17.5. The van der Waals surface area contributed by atoms with Crippen molar-refractivity contribution in [1.29, 1.82) is 0 Å². The van der Waals surface area contributed by atoms with Crippen molar-refractivity contribution in [3.8, 4) is 0 Å². The van der Waals surface area contributed by atoms with E-state index in [1.807, 2.05) is 13.0 Å². The minimum atomic E-state index is -0.162. The molecule has 4 heteroatoms. The molecule has 0 saturated carbocycles. The Morgan fingerprint density at radius 2 is 1.73 bits per heavy atom. The molecule has 1 rings (SSSR count). The maximum atomic E-state index is 12.2. The smallest absolute Gasteiger partial charge is 1.00 e. The third-order valence-electron chi connectivity index (χ3n) is 0.980. The van der Waals surface area contributed by atoms with Crippen molar-refractivity contribution in [3.63, 3.8) is 0 Å². The van der Waals surface area contributed by atoms with Gasteiger partial charge >= 0.3 is 23.1 Å². The zero-order chi connectivity index (χ0) is 5.98. The molecule has 0 N–H and O–H groups in total. The maximum Gasteiger partial charge on any atom is 2.00 e. The Hall–Kier alpha value is 0.496. The summed E-state index contributed by atoms with van der Waals surface area (Å²) >= 11 is 0. The Morgan fingerprint density at radius 3 is 2.00 bits per heavy atom. The molecular formula is C7H7Cl2FMg. The summed E-state index contributed by atoms with van der Waals surface area (Å²) in [6.45, 7) is 1.86. The summed E-state index contributed by atoms with van der Waals surface area (Å²) in [5.74, 6) is -0.162.